The lowest BCUT2D eigenvalue weighted by Gasteiger charge is -2.45. The minimum atomic E-state index is -0.00826. The molecular weight excluding hydrogens is 222 g/mol. The average Bonchev–Trinajstić information content (AvgIpc) is 2.62. The average molecular weight is 251 g/mol. The van der Waals surface area contributed by atoms with Gasteiger partial charge in [-0.2, -0.15) is 0 Å². The number of piperidine rings is 1. The van der Waals surface area contributed by atoms with Crippen LogP contribution >= 0.6 is 0 Å². The first-order valence-electron chi connectivity index (χ1n) is 8.22. The van der Waals surface area contributed by atoms with Crippen molar-refractivity contribution in [3.63, 3.8) is 0 Å². The lowest BCUT2D eigenvalue weighted by Crippen LogP contribution is -2.50. The zero-order valence-electron chi connectivity index (χ0n) is 11.7. The molecule has 2 aliphatic carbocycles. The molecule has 2 atom stereocenters. The first kappa shape index (κ1) is 12.9. The van der Waals surface area contributed by atoms with Crippen LogP contribution in [-0.4, -0.2) is 35.2 Å². The summed E-state index contributed by atoms with van der Waals surface area (Å²) in [7, 11) is 0. The summed E-state index contributed by atoms with van der Waals surface area (Å²) in [6.45, 7) is 2.48. The Kier molecular flexibility index (Phi) is 3.95. The summed E-state index contributed by atoms with van der Waals surface area (Å²) in [6.07, 6.45) is 14.7. The summed E-state index contributed by atoms with van der Waals surface area (Å²) < 4.78 is 0. The van der Waals surface area contributed by atoms with Crippen molar-refractivity contribution in [2.75, 3.05) is 13.1 Å². The summed E-state index contributed by atoms with van der Waals surface area (Å²) in [5, 5.41) is 10.3. The van der Waals surface area contributed by atoms with Gasteiger partial charge in [-0.25, -0.2) is 0 Å². The molecule has 2 saturated carbocycles. The monoisotopic (exact) mass is 251 g/mol. The SMILES string of the molecule is O[C@@H]1CCC[C@]12CCCN(C1CCCCCC1)C2. The Morgan fingerprint density at radius 1 is 0.833 bits per heavy atom. The molecule has 3 rings (SSSR count). The van der Waals surface area contributed by atoms with Crippen LogP contribution in [0.4, 0.5) is 0 Å². The van der Waals surface area contributed by atoms with Crippen molar-refractivity contribution in [2.45, 2.75) is 82.8 Å². The van der Waals surface area contributed by atoms with Gasteiger partial charge in [-0.05, 0) is 45.1 Å². The second-order valence-electron chi connectivity index (χ2n) is 6.99. The molecule has 0 bridgehead atoms. The van der Waals surface area contributed by atoms with Gasteiger partial charge in [-0.1, -0.05) is 32.1 Å². The fraction of sp³-hybridized carbons (Fsp3) is 1.00. The lowest BCUT2D eigenvalue weighted by atomic mass is 9.76. The lowest BCUT2D eigenvalue weighted by molar-refractivity contribution is -0.0251. The van der Waals surface area contributed by atoms with Crippen molar-refractivity contribution in [3.8, 4) is 0 Å². The predicted octanol–water partition coefficient (Wildman–Crippen LogP) is 3.34. The molecule has 0 aromatic heterocycles. The van der Waals surface area contributed by atoms with Crippen molar-refractivity contribution in [2.24, 2.45) is 5.41 Å². The molecule has 2 nitrogen and oxygen atoms in total. The van der Waals surface area contributed by atoms with Crippen LogP contribution in [0.2, 0.25) is 0 Å². The van der Waals surface area contributed by atoms with E-state index in [9.17, 15) is 5.11 Å². The number of nitrogens with zero attached hydrogens (tertiary/aromatic N) is 1. The minimum Gasteiger partial charge on any atom is -0.393 e. The molecular formula is C16H29NO. The molecule has 0 aromatic rings. The Morgan fingerprint density at radius 2 is 1.56 bits per heavy atom. The van der Waals surface area contributed by atoms with Gasteiger partial charge >= 0.3 is 0 Å². The largest absolute Gasteiger partial charge is 0.393 e. The van der Waals surface area contributed by atoms with Gasteiger partial charge in [0, 0.05) is 18.0 Å². The third kappa shape index (κ3) is 2.46. The Labute approximate surface area is 112 Å². The fourth-order valence-corrected chi connectivity index (χ4v) is 4.73. The molecule has 0 unspecified atom stereocenters. The highest BCUT2D eigenvalue weighted by atomic mass is 16.3. The Hall–Kier alpha value is -0.0800. The molecule has 1 aliphatic heterocycles. The maximum Gasteiger partial charge on any atom is 0.0608 e. The maximum absolute atomic E-state index is 10.3. The highest BCUT2D eigenvalue weighted by molar-refractivity contribution is 4.98. The van der Waals surface area contributed by atoms with Crippen LogP contribution in [-0.2, 0) is 0 Å². The van der Waals surface area contributed by atoms with Crippen molar-refractivity contribution in [1.82, 2.24) is 4.90 Å². The predicted molar refractivity (Wildman–Crippen MR) is 74.6 cm³/mol. The zero-order valence-corrected chi connectivity index (χ0v) is 11.7. The molecule has 0 amide bonds. The Bertz CT molecular complexity index is 272. The number of likely N-dealkylation sites (tertiary alicyclic amines) is 1. The second-order valence-corrected chi connectivity index (χ2v) is 6.99. The molecule has 2 heteroatoms. The molecule has 1 heterocycles. The van der Waals surface area contributed by atoms with E-state index in [1.165, 1.54) is 77.3 Å². The molecule has 0 aromatic carbocycles. The van der Waals surface area contributed by atoms with E-state index in [2.05, 4.69) is 4.90 Å². The Morgan fingerprint density at radius 3 is 2.22 bits per heavy atom. The summed E-state index contributed by atoms with van der Waals surface area (Å²) in [6, 6.07) is 0.831. The summed E-state index contributed by atoms with van der Waals surface area (Å²) in [5.74, 6) is 0. The van der Waals surface area contributed by atoms with E-state index in [4.69, 9.17) is 0 Å². The van der Waals surface area contributed by atoms with E-state index in [1.807, 2.05) is 0 Å². The number of aliphatic hydroxyl groups is 1. The van der Waals surface area contributed by atoms with Crippen LogP contribution in [0.3, 0.4) is 0 Å². The number of rotatable bonds is 1. The minimum absolute atomic E-state index is 0.00826. The molecule has 1 N–H and O–H groups in total. The highest BCUT2D eigenvalue weighted by Gasteiger charge is 2.45. The highest BCUT2D eigenvalue weighted by Crippen LogP contribution is 2.45. The third-order valence-corrected chi connectivity index (χ3v) is 5.84. The van der Waals surface area contributed by atoms with Crippen LogP contribution in [0.5, 0.6) is 0 Å². The Balaban J connectivity index is 1.65. The van der Waals surface area contributed by atoms with Crippen molar-refractivity contribution in [3.05, 3.63) is 0 Å². The van der Waals surface area contributed by atoms with Gasteiger partial charge in [0.2, 0.25) is 0 Å². The van der Waals surface area contributed by atoms with Crippen molar-refractivity contribution >= 4 is 0 Å². The van der Waals surface area contributed by atoms with Gasteiger partial charge < -0.3 is 5.11 Å². The van der Waals surface area contributed by atoms with Crippen LogP contribution in [0.25, 0.3) is 0 Å². The molecule has 3 aliphatic rings. The van der Waals surface area contributed by atoms with Gasteiger partial charge in [0.05, 0.1) is 6.10 Å². The second kappa shape index (κ2) is 5.50. The van der Waals surface area contributed by atoms with E-state index in [0.29, 0.717) is 0 Å². The third-order valence-electron chi connectivity index (χ3n) is 5.84. The maximum atomic E-state index is 10.3. The van der Waals surface area contributed by atoms with Crippen LogP contribution < -0.4 is 0 Å². The standard InChI is InChI=1S/C16H29NO/c18-15-9-5-10-16(15)11-6-12-17(13-16)14-7-3-1-2-4-8-14/h14-15,18H,1-13H2/t15-,16-/m1/s1. The fourth-order valence-electron chi connectivity index (χ4n) is 4.73. The molecule has 0 radical (unpaired) electrons. The molecule has 18 heavy (non-hydrogen) atoms. The molecule has 1 spiro atoms. The van der Waals surface area contributed by atoms with Gasteiger partial charge in [-0.15, -0.1) is 0 Å². The van der Waals surface area contributed by atoms with Gasteiger partial charge in [0.25, 0.3) is 0 Å². The van der Waals surface area contributed by atoms with E-state index < -0.39 is 0 Å². The van der Waals surface area contributed by atoms with E-state index in [-0.39, 0.29) is 11.5 Å². The first-order valence-corrected chi connectivity index (χ1v) is 8.22. The topological polar surface area (TPSA) is 23.5 Å². The molecule has 3 fully saturated rings. The smallest absolute Gasteiger partial charge is 0.0608 e. The van der Waals surface area contributed by atoms with Gasteiger partial charge in [-0.3, -0.25) is 4.90 Å². The normalized spacial score (nSPS) is 40.2. The quantitative estimate of drug-likeness (QED) is 0.723. The van der Waals surface area contributed by atoms with E-state index >= 15 is 0 Å². The van der Waals surface area contributed by atoms with Gasteiger partial charge in [0.15, 0.2) is 0 Å². The van der Waals surface area contributed by atoms with Gasteiger partial charge in [0.1, 0.15) is 0 Å². The van der Waals surface area contributed by atoms with Crippen LogP contribution in [0, 0.1) is 5.41 Å². The number of hydrogen-bond donors (Lipinski definition) is 1. The van der Waals surface area contributed by atoms with Crippen molar-refractivity contribution < 1.29 is 5.11 Å². The summed E-state index contributed by atoms with van der Waals surface area (Å²) >= 11 is 0. The van der Waals surface area contributed by atoms with Crippen molar-refractivity contribution in [1.29, 1.82) is 0 Å². The first-order chi connectivity index (χ1) is 8.80. The molecule has 1 saturated heterocycles. The zero-order chi connectivity index (χ0) is 12.4. The summed E-state index contributed by atoms with van der Waals surface area (Å²) in [5.41, 5.74) is 0.282. The van der Waals surface area contributed by atoms with E-state index in [0.717, 1.165) is 12.5 Å². The van der Waals surface area contributed by atoms with Crippen LogP contribution in [0.15, 0.2) is 0 Å². The van der Waals surface area contributed by atoms with E-state index in [1.54, 1.807) is 0 Å². The summed E-state index contributed by atoms with van der Waals surface area (Å²) in [4.78, 5) is 2.75. The number of aliphatic hydroxyl groups excluding tert-OH is 1. The van der Waals surface area contributed by atoms with Crippen LogP contribution in [0.1, 0.15) is 70.6 Å². The molecule has 104 valence electrons. The number of hydrogen-bond acceptors (Lipinski definition) is 2.